The molecule has 1 aliphatic rings. The van der Waals surface area contributed by atoms with E-state index in [0.717, 1.165) is 19.3 Å². The summed E-state index contributed by atoms with van der Waals surface area (Å²) >= 11 is 0. The van der Waals surface area contributed by atoms with E-state index in [1.807, 2.05) is 0 Å². The lowest BCUT2D eigenvalue weighted by Gasteiger charge is -2.34. The number of methoxy groups -OCH3 is 2. The third kappa shape index (κ3) is 5.28. The van der Waals surface area contributed by atoms with E-state index in [9.17, 15) is 14.7 Å². The van der Waals surface area contributed by atoms with Crippen LogP contribution in [0.4, 0.5) is 0 Å². The molecule has 1 N–H and O–H groups in total. The Hall–Kier alpha value is -1.14. The summed E-state index contributed by atoms with van der Waals surface area (Å²) in [4.78, 5) is 25.8. The molecule has 6 heteroatoms. The maximum absolute atomic E-state index is 12.5. The topological polar surface area (TPSA) is 76.1 Å². The van der Waals surface area contributed by atoms with Crippen molar-refractivity contribution in [2.24, 2.45) is 5.41 Å². The Morgan fingerprint density at radius 2 is 1.57 bits per heavy atom. The molecule has 1 fully saturated rings. The lowest BCUT2D eigenvalue weighted by atomic mass is 9.71. The van der Waals surface area contributed by atoms with Crippen molar-refractivity contribution in [3.63, 3.8) is 0 Å². The van der Waals surface area contributed by atoms with E-state index < -0.39 is 11.4 Å². The number of hydrogen-bond donors (Lipinski definition) is 1. The van der Waals surface area contributed by atoms with Crippen molar-refractivity contribution >= 4 is 11.9 Å². The second-order valence-electron chi connectivity index (χ2n) is 5.69. The molecule has 1 saturated carbocycles. The molecule has 0 spiro atoms. The van der Waals surface area contributed by atoms with Crippen LogP contribution in [0.1, 0.15) is 38.5 Å². The molecule has 0 radical (unpaired) electrons. The van der Waals surface area contributed by atoms with Crippen LogP contribution in [0.3, 0.4) is 0 Å². The summed E-state index contributed by atoms with van der Waals surface area (Å²) in [7, 11) is 3.16. The molecule has 1 rings (SSSR count). The van der Waals surface area contributed by atoms with Gasteiger partial charge in [0, 0.05) is 33.7 Å². The summed E-state index contributed by atoms with van der Waals surface area (Å²) in [6, 6.07) is 0. The summed E-state index contributed by atoms with van der Waals surface area (Å²) in [6.07, 6.45) is 4.09. The largest absolute Gasteiger partial charge is 0.481 e. The third-order valence-electron chi connectivity index (χ3n) is 4.24. The molecule has 0 unspecified atom stereocenters. The SMILES string of the molecule is COCCN(CCOC)C(=O)CC1(C(=O)O)CCCCC1. The maximum Gasteiger partial charge on any atom is 0.310 e. The van der Waals surface area contributed by atoms with Gasteiger partial charge in [0.25, 0.3) is 0 Å². The molecule has 0 aromatic carbocycles. The first-order valence-corrected chi connectivity index (χ1v) is 7.55. The molecule has 1 amide bonds. The van der Waals surface area contributed by atoms with Gasteiger partial charge in [0.2, 0.25) is 5.91 Å². The van der Waals surface area contributed by atoms with Crippen LogP contribution in [-0.2, 0) is 19.1 Å². The number of nitrogens with zero attached hydrogens (tertiary/aromatic N) is 1. The zero-order chi connectivity index (χ0) is 15.7. The molecule has 122 valence electrons. The van der Waals surface area contributed by atoms with Gasteiger partial charge < -0.3 is 19.5 Å². The Kier molecular flexibility index (Phi) is 7.67. The van der Waals surface area contributed by atoms with Crippen LogP contribution in [-0.4, -0.2) is 62.4 Å². The van der Waals surface area contributed by atoms with E-state index in [4.69, 9.17) is 9.47 Å². The fourth-order valence-electron chi connectivity index (χ4n) is 2.86. The monoisotopic (exact) mass is 301 g/mol. The molecular weight excluding hydrogens is 274 g/mol. The fourth-order valence-corrected chi connectivity index (χ4v) is 2.86. The van der Waals surface area contributed by atoms with Crippen LogP contribution in [0.2, 0.25) is 0 Å². The van der Waals surface area contributed by atoms with Crippen LogP contribution < -0.4 is 0 Å². The summed E-state index contributed by atoms with van der Waals surface area (Å²) < 4.78 is 10.0. The highest BCUT2D eigenvalue weighted by atomic mass is 16.5. The van der Waals surface area contributed by atoms with Gasteiger partial charge in [-0.25, -0.2) is 0 Å². The lowest BCUT2D eigenvalue weighted by molar-refractivity contribution is -0.156. The van der Waals surface area contributed by atoms with E-state index in [0.29, 0.717) is 39.1 Å². The van der Waals surface area contributed by atoms with Crippen molar-refractivity contribution in [1.29, 1.82) is 0 Å². The van der Waals surface area contributed by atoms with Crippen molar-refractivity contribution in [1.82, 2.24) is 4.90 Å². The molecule has 0 aromatic heterocycles. The predicted octanol–water partition coefficient (Wildman–Crippen LogP) is 1.53. The summed E-state index contributed by atoms with van der Waals surface area (Å²) in [5.41, 5.74) is -0.881. The number of carboxylic acid groups (broad SMARTS) is 1. The highest BCUT2D eigenvalue weighted by Crippen LogP contribution is 2.40. The van der Waals surface area contributed by atoms with Crippen molar-refractivity contribution in [3.8, 4) is 0 Å². The maximum atomic E-state index is 12.5. The molecule has 0 heterocycles. The molecule has 21 heavy (non-hydrogen) atoms. The zero-order valence-electron chi connectivity index (χ0n) is 13.1. The summed E-state index contributed by atoms with van der Waals surface area (Å²) in [5.74, 6) is -0.956. The molecule has 0 atom stereocenters. The van der Waals surface area contributed by atoms with Crippen molar-refractivity contribution in [3.05, 3.63) is 0 Å². The number of ether oxygens (including phenoxy) is 2. The normalized spacial score (nSPS) is 17.4. The second-order valence-corrected chi connectivity index (χ2v) is 5.69. The van der Waals surface area contributed by atoms with E-state index in [1.165, 1.54) is 0 Å². The van der Waals surface area contributed by atoms with E-state index in [2.05, 4.69) is 0 Å². The lowest BCUT2D eigenvalue weighted by Crippen LogP contribution is -2.43. The third-order valence-corrected chi connectivity index (χ3v) is 4.24. The first kappa shape index (κ1) is 17.9. The van der Waals surface area contributed by atoms with Gasteiger partial charge in [-0.15, -0.1) is 0 Å². The van der Waals surface area contributed by atoms with Crippen molar-refractivity contribution in [2.75, 3.05) is 40.5 Å². The number of carbonyl (C=O) groups is 2. The first-order chi connectivity index (χ1) is 10.1. The number of carbonyl (C=O) groups excluding carboxylic acids is 1. The molecular formula is C15H27NO5. The van der Waals surface area contributed by atoms with Gasteiger partial charge in [0.15, 0.2) is 0 Å². The Balaban J connectivity index is 2.69. The average molecular weight is 301 g/mol. The minimum absolute atomic E-state index is 0.0791. The molecule has 0 saturated heterocycles. The summed E-state index contributed by atoms with van der Waals surface area (Å²) in [5, 5.41) is 9.55. The van der Waals surface area contributed by atoms with Gasteiger partial charge in [-0.05, 0) is 12.8 Å². The smallest absolute Gasteiger partial charge is 0.310 e. The zero-order valence-corrected chi connectivity index (χ0v) is 13.1. The Morgan fingerprint density at radius 1 is 1.05 bits per heavy atom. The second kappa shape index (κ2) is 9.00. The average Bonchev–Trinajstić information content (AvgIpc) is 2.48. The van der Waals surface area contributed by atoms with Crippen LogP contribution in [0.5, 0.6) is 0 Å². The Labute approximate surface area is 126 Å². The number of hydrogen-bond acceptors (Lipinski definition) is 4. The van der Waals surface area contributed by atoms with Gasteiger partial charge in [0.05, 0.1) is 18.6 Å². The Bertz CT molecular complexity index is 331. The number of aliphatic carboxylic acids is 1. The fraction of sp³-hybridized carbons (Fsp3) is 0.867. The van der Waals surface area contributed by atoms with E-state index in [-0.39, 0.29) is 12.3 Å². The van der Waals surface area contributed by atoms with Gasteiger partial charge in [-0.1, -0.05) is 19.3 Å². The molecule has 1 aliphatic carbocycles. The van der Waals surface area contributed by atoms with Crippen LogP contribution in [0.15, 0.2) is 0 Å². The standard InChI is InChI=1S/C15H27NO5/c1-20-10-8-16(9-11-21-2)13(17)12-15(14(18)19)6-4-3-5-7-15/h3-12H2,1-2H3,(H,18,19). The van der Waals surface area contributed by atoms with Gasteiger partial charge in [-0.2, -0.15) is 0 Å². The molecule has 0 bridgehead atoms. The van der Waals surface area contributed by atoms with Crippen molar-refractivity contribution < 1.29 is 24.2 Å². The number of rotatable bonds is 9. The Morgan fingerprint density at radius 3 is 2.00 bits per heavy atom. The molecule has 0 aromatic rings. The highest BCUT2D eigenvalue weighted by molar-refractivity contribution is 5.85. The van der Waals surface area contributed by atoms with E-state index in [1.54, 1.807) is 19.1 Å². The van der Waals surface area contributed by atoms with Crippen LogP contribution in [0, 0.1) is 5.41 Å². The molecule has 6 nitrogen and oxygen atoms in total. The highest BCUT2D eigenvalue weighted by Gasteiger charge is 2.42. The van der Waals surface area contributed by atoms with Gasteiger partial charge in [-0.3, -0.25) is 9.59 Å². The number of amides is 1. The number of carboxylic acids is 1. The van der Waals surface area contributed by atoms with E-state index >= 15 is 0 Å². The predicted molar refractivity (Wildman–Crippen MR) is 78.1 cm³/mol. The van der Waals surface area contributed by atoms with Crippen molar-refractivity contribution in [2.45, 2.75) is 38.5 Å². The van der Waals surface area contributed by atoms with Gasteiger partial charge in [0.1, 0.15) is 0 Å². The minimum atomic E-state index is -0.881. The van der Waals surface area contributed by atoms with Crippen LogP contribution in [0.25, 0.3) is 0 Å². The first-order valence-electron chi connectivity index (χ1n) is 7.55. The summed E-state index contributed by atoms with van der Waals surface area (Å²) in [6.45, 7) is 1.81. The molecule has 0 aliphatic heterocycles. The minimum Gasteiger partial charge on any atom is -0.481 e. The van der Waals surface area contributed by atoms with Crippen LogP contribution >= 0.6 is 0 Å². The quantitative estimate of drug-likeness (QED) is 0.699. The van der Waals surface area contributed by atoms with Gasteiger partial charge >= 0.3 is 5.97 Å².